The highest BCUT2D eigenvalue weighted by Gasteiger charge is 2.32. The number of phenolic OH excluding ortho intramolecular Hbond substituents is 2. The van der Waals surface area contributed by atoms with Crippen LogP contribution in [0.2, 0.25) is 0 Å². The second kappa shape index (κ2) is 6.04. The molecular weight excluding hydrogens is 250 g/mol. The van der Waals surface area contributed by atoms with Crippen LogP contribution in [-0.4, -0.2) is 28.2 Å². The van der Waals surface area contributed by atoms with Crippen molar-refractivity contribution in [1.82, 2.24) is 4.90 Å². The van der Waals surface area contributed by atoms with Gasteiger partial charge in [0.25, 0.3) is 0 Å². The molecule has 1 heterocycles. The molecular formula is C17H27NO2. The molecule has 2 N–H and O–H groups in total. The summed E-state index contributed by atoms with van der Waals surface area (Å²) in [5.74, 6) is 0.278. The maximum atomic E-state index is 9.62. The third-order valence-electron chi connectivity index (χ3n) is 5.31. The molecule has 20 heavy (non-hydrogen) atoms. The number of piperidine rings is 1. The van der Waals surface area contributed by atoms with Crippen LogP contribution in [0.5, 0.6) is 11.5 Å². The molecule has 1 atom stereocenters. The molecule has 0 spiro atoms. The van der Waals surface area contributed by atoms with E-state index in [1.165, 1.54) is 31.7 Å². The van der Waals surface area contributed by atoms with Crippen molar-refractivity contribution in [2.75, 3.05) is 13.1 Å². The summed E-state index contributed by atoms with van der Waals surface area (Å²) in [6, 6.07) is 5.13. The predicted molar refractivity (Wildman–Crippen MR) is 82.0 cm³/mol. The van der Waals surface area contributed by atoms with Crippen LogP contribution in [0.4, 0.5) is 0 Å². The Morgan fingerprint density at radius 3 is 2.00 bits per heavy atom. The van der Waals surface area contributed by atoms with Crippen LogP contribution in [0, 0.1) is 5.41 Å². The lowest BCUT2D eigenvalue weighted by molar-refractivity contribution is 0.0708. The fourth-order valence-corrected chi connectivity index (χ4v) is 3.41. The first-order valence-corrected chi connectivity index (χ1v) is 7.76. The molecule has 1 unspecified atom stereocenters. The Morgan fingerprint density at radius 1 is 1.05 bits per heavy atom. The Kier molecular flexibility index (Phi) is 4.59. The zero-order valence-corrected chi connectivity index (χ0v) is 12.9. The maximum absolute atomic E-state index is 9.62. The number of phenols is 2. The van der Waals surface area contributed by atoms with Crippen LogP contribution in [0.15, 0.2) is 18.2 Å². The van der Waals surface area contributed by atoms with E-state index in [0.717, 1.165) is 18.7 Å². The molecule has 0 aromatic heterocycles. The molecule has 112 valence electrons. The molecule has 3 heteroatoms. The average molecular weight is 277 g/mol. The van der Waals surface area contributed by atoms with Crippen LogP contribution in [0.25, 0.3) is 0 Å². The lowest BCUT2D eigenvalue weighted by atomic mass is 9.74. The minimum atomic E-state index is 0.139. The average Bonchev–Trinajstić information content (AvgIpc) is 2.45. The van der Waals surface area contributed by atoms with E-state index >= 15 is 0 Å². The fourth-order valence-electron chi connectivity index (χ4n) is 3.41. The Bertz CT molecular complexity index is 424. The van der Waals surface area contributed by atoms with Gasteiger partial charge in [-0.3, -0.25) is 4.90 Å². The Morgan fingerprint density at radius 2 is 1.55 bits per heavy atom. The van der Waals surface area contributed by atoms with Gasteiger partial charge in [0.05, 0.1) is 0 Å². The molecule has 0 radical (unpaired) electrons. The molecule has 1 aromatic carbocycles. The van der Waals surface area contributed by atoms with Crippen LogP contribution >= 0.6 is 0 Å². The minimum absolute atomic E-state index is 0.139. The van der Waals surface area contributed by atoms with Crippen molar-refractivity contribution in [3.05, 3.63) is 23.8 Å². The molecule has 1 aliphatic rings. The van der Waals surface area contributed by atoms with Crippen molar-refractivity contribution in [1.29, 1.82) is 0 Å². The van der Waals surface area contributed by atoms with Gasteiger partial charge in [0, 0.05) is 12.1 Å². The lowest BCUT2D eigenvalue weighted by Crippen LogP contribution is -2.40. The molecule has 2 rings (SSSR count). The summed E-state index contributed by atoms with van der Waals surface area (Å²) in [7, 11) is 0. The molecule has 3 nitrogen and oxygen atoms in total. The van der Waals surface area contributed by atoms with Crippen molar-refractivity contribution < 1.29 is 10.2 Å². The van der Waals surface area contributed by atoms with Crippen LogP contribution in [-0.2, 0) is 0 Å². The summed E-state index contributed by atoms with van der Waals surface area (Å²) in [4.78, 5) is 2.46. The second-order valence-electron chi connectivity index (χ2n) is 6.20. The second-order valence-corrected chi connectivity index (χ2v) is 6.20. The number of hydrogen-bond donors (Lipinski definition) is 2. The number of nitrogens with zero attached hydrogens (tertiary/aromatic N) is 1. The molecule has 1 saturated heterocycles. The highest BCUT2D eigenvalue weighted by atomic mass is 16.3. The van der Waals surface area contributed by atoms with E-state index in [4.69, 9.17) is 0 Å². The number of rotatable bonds is 4. The minimum Gasteiger partial charge on any atom is -0.508 e. The van der Waals surface area contributed by atoms with Gasteiger partial charge in [0.1, 0.15) is 11.5 Å². The summed E-state index contributed by atoms with van der Waals surface area (Å²) in [5.41, 5.74) is 1.51. The number of aromatic hydroxyl groups is 2. The van der Waals surface area contributed by atoms with E-state index in [0.29, 0.717) is 5.41 Å². The van der Waals surface area contributed by atoms with Crippen molar-refractivity contribution in [2.45, 2.75) is 52.5 Å². The van der Waals surface area contributed by atoms with Gasteiger partial charge in [-0.25, -0.2) is 0 Å². The van der Waals surface area contributed by atoms with Crippen LogP contribution in [0.1, 0.15) is 58.1 Å². The molecule has 0 aliphatic carbocycles. The zero-order chi connectivity index (χ0) is 14.8. The van der Waals surface area contributed by atoms with Gasteiger partial charge < -0.3 is 10.2 Å². The first kappa shape index (κ1) is 15.2. The third kappa shape index (κ3) is 3.09. The van der Waals surface area contributed by atoms with E-state index in [9.17, 15) is 10.2 Å². The van der Waals surface area contributed by atoms with Crippen molar-refractivity contribution in [3.63, 3.8) is 0 Å². The number of benzene rings is 1. The molecule has 1 aromatic rings. The number of hydrogen-bond acceptors (Lipinski definition) is 3. The van der Waals surface area contributed by atoms with Gasteiger partial charge >= 0.3 is 0 Å². The van der Waals surface area contributed by atoms with E-state index in [1.807, 2.05) is 0 Å². The van der Waals surface area contributed by atoms with E-state index < -0.39 is 0 Å². The van der Waals surface area contributed by atoms with Crippen LogP contribution < -0.4 is 0 Å². The zero-order valence-electron chi connectivity index (χ0n) is 12.9. The van der Waals surface area contributed by atoms with Gasteiger partial charge in [-0.1, -0.05) is 26.7 Å². The Labute approximate surface area is 122 Å². The van der Waals surface area contributed by atoms with Gasteiger partial charge in [-0.2, -0.15) is 0 Å². The SMILES string of the molecule is CCC1(CC)CCN(C(C)c2cc(O)cc(O)c2)CC1. The Hall–Kier alpha value is -1.22. The largest absolute Gasteiger partial charge is 0.508 e. The van der Waals surface area contributed by atoms with Crippen molar-refractivity contribution >= 4 is 0 Å². The molecule has 1 fully saturated rings. The maximum Gasteiger partial charge on any atom is 0.119 e. The molecule has 0 amide bonds. The topological polar surface area (TPSA) is 43.7 Å². The monoisotopic (exact) mass is 277 g/mol. The summed E-state index contributed by atoms with van der Waals surface area (Å²) in [6.07, 6.45) is 5.02. The molecule has 0 bridgehead atoms. The summed E-state index contributed by atoms with van der Waals surface area (Å²) in [6.45, 7) is 8.95. The van der Waals surface area contributed by atoms with Gasteiger partial charge in [-0.15, -0.1) is 0 Å². The quantitative estimate of drug-likeness (QED) is 0.872. The van der Waals surface area contributed by atoms with Gasteiger partial charge in [0.15, 0.2) is 0 Å². The van der Waals surface area contributed by atoms with Gasteiger partial charge in [-0.05, 0) is 56.0 Å². The molecule has 1 aliphatic heterocycles. The van der Waals surface area contributed by atoms with Gasteiger partial charge in [0.2, 0.25) is 0 Å². The number of likely N-dealkylation sites (tertiary alicyclic amines) is 1. The Balaban J connectivity index is 2.06. The first-order chi connectivity index (χ1) is 9.49. The first-order valence-electron chi connectivity index (χ1n) is 7.76. The normalized spacial score (nSPS) is 20.8. The summed E-state index contributed by atoms with van der Waals surface area (Å²) in [5, 5.41) is 19.2. The lowest BCUT2D eigenvalue weighted by Gasteiger charge is -2.43. The van der Waals surface area contributed by atoms with Crippen molar-refractivity contribution in [2.24, 2.45) is 5.41 Å². The van der Waals surface area contributed by atoms with E-state index in [-0.39, 0.29) is 17.5 Å². The molecule has 0 saturated carbocycles. The standard InChI is InChI=1S/C17H27NO2/c1-4-17(5-2)6-8-18(9-7-17)13(3)14-10-15(19)12-16(20)11-14/h10-13,19-20H,4-9H2,1-3H3. The highest BCUT2D eigenvalue weighted by Crippen LogP contribution is 2.40. The fraction of sp³-hybridized carbons (Fsp3) is 0.647. The van der Waals surface area contributed by atoms with Crippen LogP contribution in [0.3, 0.4) is 0 Å². The summed E-state index contributed by atoms with van der Waals surface area (Å²) < 4.78 is 0. The van der Waals surface area contributed by atoms with Crippen molar-refractivity contribution in [3.8, 4) is 11.5 Å². The highest BCUT2D eigenvalue weighted by molar-refractivity contribution is 5.38. The van der Waals surface area contributed by atoms with E-state index in [1.54, 1.807) is 12.1 Å². The summed E-state index contributed by atoms with van der Waals surface area (Å²) >= 11 is 0. The third-order valence-corrected chi connectivity index (χ3v) is 5.31. The smallest absolute Gasteiger partial charge is 0.119 e. The van der Waals surface area contributed by atoms with E-state index in [2.05, 4.69) is 25.7 Å². The predicted octanol–water partition coefficient (Wildman–Crippen LogP) is 4.06.